The first-order valence-corrected chi connectivity index (χ1v) is 10.8. The minimum absolute atomic E-state index is 0.0693. The maximum absolute atomic E-state index is 12.5. The molecule has 2 saturated heterocycles. The monoisotopic (exact) mass is 388 g/mol. The van der Waals surface area contributed by atoms with Crippen LogP contribution in [0.1, 0.15) is 31.2 Å². The van der Waals surface area contributed by atoms with Crippen LogP contribution in [0.3, 0.4) is 0 Å². The number of aliphatic hydroxyl groups excluding tert-OH is 1. The normalized spacial score (nSPS) is 21.8. The number of hydrogen-bond acceptors (Lipinski definition) is 4. The SMILES string of the molecule is CN(Cc1ccccc1)C1CCN(C(=O)NCCN2CCC[C@H](CO)C2)CC1. The molecule has 0 aliphatic carbocycles. The van der Waals surface area contributed by atoms with Gasteiger partial charge >= 0.3 is 6.03 Å². The van der Waals surface area contributed by atoms with Crippen LogP contribution in [0.25, 0.3) is 0 Å². The topological polar surface area (TPSA) is 59.0 Å². The summed E-state index contributed by atoms with van der Waals surface area (Å²) in [7, 11) is 2.19. The van der Waals surface area contributed by atoms with Gasteiger partial charge in [-0.3, -0.25) is 4.90 Å². The number of likely N-dealkylation sites (tertiary alicyclic amines) is 2. The molecule has 2 heterocycles. The molecule has 28 heavy (non-hydrogen) atoms. The van der Waals surface area contributed by atoms with E-state index < -0.39 is 0 Å². The highest BCUT2D eigenvalue weighted by Crippen LogP contribution is 2.18. The van der Waals surface area contributed by atoms with Gasteiger partial charge in [0, 0.05) is 51.9 Å². The van der Waals surface area contributed by atoms with Crippen molar-refractivity contribution in [2.24, 2.45) is 5.92 Å². The highest BCUT2D eigenvalue weighted by atomic mass is 16.3. The summed E-state index contributed by atoms with van der Waals surface area (Å²) in [6, 6.07) is 11.2. The molecule has 2 aliphatic rings. The summed E-state index contributed by atoms with van der Waals surface area (Å²) in [5.41, 5.74) is 1.34. The average Bonchev–Trinajstić information content (AvgIpc) is 2.74. The van der Waals surface area contributed by atoms with E-state index in [-0.39, 0.29) is 12.6 Å². The van der Waals surface area contributed by atoms with E-state index in [1.54, 1.807) is 0 Å². The number of rotatable bonds is 7. The number of aliphatic hydroxyl groups is 1. The maximum atomic E-state index is 12.5. The minimum atomic E-state index is 0.0693. The lowest BCUT2D eigenvalue weighted by molar-refractivity contribution is 0.117. The standard InChI is InChI=1S/C22H36N4O2/c1-24(16-19-6-3-2-4-7-19)21-9-13-26(14-10-21)22(28)23-11-15-25-12-5-8-20(17-25)18-27/h2-4,6-7,20-21,27H,5,8-18H2,1H3,(H,23,28)/t20-/m0/s1. The van der Waals surface area contributed by atoms with Crippen molar-refractivity contribution in [2.45, 2.75) is 38.3 Å². The molecule has 0 spiro atoms. The van der Waals surface area contributed by atoms with Gasteiger partial charge in [-0.15, -0.1) is 0 Å². The molecule has 156 valence electrons. The van der Waals surface area contributed by atoms with Crippen LogP contribution >= 0.6 is 0 Å². The quantitative estimate of drug-likeness (QED) is 0.750. The molecule has 0 unspecified atom stereocenters. The summed E-state index contributed by atoms with van der Waals surface area (Å²) < 4.78 is 0. The predicted molar refractivity (Wildman–Crippen MR) is 112 cm³/mol. The lowest BCUT2D eigenvalue weighted by Gasteiger charge is -2.37. The Bertz CT molecular complexity index is 589. The number of nitrogens with one attached hydrogen (secondary N) is 1. The molecule has 6 nitrogen and oxygen atoms in total. The number of amides is 2. The summed E-state index contributed by atoms with van der Waals surface area (Å²) in [5, 5.41) is 12.4. The molecule has 2 N–H and O–H groups in total. The second-order valence-corrected chi connectivity index (χ2v) is 8.34. The summed E-state index contributed by atoms with van der Waals surface area (Å²) >= 11 is 0. The van der Waals surface area contributed by atoms with Crippen LogP contribution < -0.4 is 5.32 Å². The van der Waals surface area contributed by atoms with Crippen LogP contribution in [0.5, 0.6) is 0 Å². The molecule has 1 atom stereocenters. The van der Waals surface area contributed by atoms with E-state index >= 15 is 0 Å². The Morgan fingerprint density at radius 3 is 2.64 bits per heavy atom. The van der Waals surface area contributed by atoms with Gasteiger partial charge < -0.3 is 20.2 Å². The Labute approximate surface area is 169 Å². The van der Waals surface area contributed by atoms with E-state index in [1.807, 2.05) is 4.90 Å². The van der Waals surface area contributed by atoms with Gasteiger partial charge in [0.15, 0.2) is 0 Å². The summed E-state index contributed by atoms with van der Waals surface area (Å²) in [6.45, 7) is 6.47. The first kappa shape index (κ1) is 21.1. The van der Waals surface area contributed by atoms with Crippen molar-refractivity contribution in [3.63, 3.8) is 0 Å². The zero-order valence-electron chi connectivity index (χ0n) is 17.2. The third-order valence-corrected chi connectivity index (χ3v) is 6.22. The zero-order chi connectivity index (χ0) is 19.8. The summed E-state index contributed by atoms with van der Waals surface area (Å²) in [5.74, 6) is 0.399. The summed E-state index contributed by atoms with van der Waals surface area (Å²) in [4.78, 5) is 19.2. The molecular weight excluding hydrogens is 352 g/mol. The molecule has 6 heteroatoms. The van der Waals surface area contributed by atoms with Crippen molar-refractivity contribution in [2.75, 3.05) is 52.9 Å². The zero-order valence-corrected chi connectivity index (χ0v) is 17.2. The molecule has 0 saturated carbocycles. The number of carbonyl (C=O) groups excluding carboxylic acids is 1. The fourth-order valence-electron chi connectivity index (χ4n) is 4.45. The fraction of sp³-hybridized carbons (Fsp3) is 0.682. The third kappa shape index (κ3) is 6.19. The van der Waals surface area contributed by atoms with Crippen molar-refractivity contribution in [3.05, 3.63) is 35.9 Å². The van der Waals surface area contributed by atoms with Gasteiger partial charge in [-0.2, -0.15) is 0 Å². The van der Waals surface area contributed by atoms with Crippen molar-refractivity contribution in [1.29, 1.82) is 0 Å². The Hall–Kier alpha value is -1.63. The van der Waals surface area contributed by atoms with E-state index in [1.165, 1.54) is 5.56 Å². The number of carbonyl (C=O) groups is 1. The van der Waals surface area contributed by atoms with Gasteiger partial charge in [-0.25, -0.2) is 4.79 Å². The Kier molecular flexibility index (Phi) is 8.13. The molecule has 2 aliphatic heterocycles. The van der Waals surface area contributed by atoms with Crippen LogP contribution in [0.4, 0.5) is 4.79 Å². The van der Waals surface area contributed by atoms with E-state index in [2.05, 4.69) is 52.5 Å². The van der Waals surface area contributed by atoms with Crippen LogP contribution in [0, 0.1) is 5.92 Å². The van der Waals surface area contributed by atoms with Crippen molar-refractivity contribution >= 4 is 6.03 Å². The molecule has 0 bridgehead atoms. The van der Waals surface area contributed by atoms with Crippen LogP contribution in [0.2, 0.25) is 0 Å². The van der Waals surface area contributed by atoms with Gasteiger partial charge in [0.05, 0.1) is 0 Å². The highest BCUT2D eigenvalue weighted by Gasteiger charge is 2.25. The number of benzene rings is 1. The average molecular weight is 389 g/mol. The molecule has 1 aromatic carbocycles. The smallest absolute Gasteiger partial charge is 0.317 e. The first-order valence-electron chi connectivity index (χ1n) is 10.8. The van der Waals surface area contributed by atoms with E-state index in [4.69, 9.17) is 0 Å². The third-order valence-electron chi connectivity index (χ3n) is 6.22. The number of nitrogens with zero attached hydrogens (tertiary/aromatic N) is 3. The Balaban J connectivity index is 1.33. The lowest BCUT2D eigenvalue weighted by Crippen LogP contribution is -2.50. The first-order chi connectivity index (χ1) is 13.7. The maximum Gasteiger partial charge on any atom is 0.317 e. The number of urea groups is 1. The molecule has 3 rings (SSSR count). The number of piperidine rings is 2. The molecule has 2 fully saturated rings. The van der Waals surface area contributed by atoms with Gasteiger partial charge in [0.25, 0.3) is 0 Å². The highest BCUT2D eigenvalue weighted by molar-refractivity contribution is 5.74. The Morgan fingerprint density at radius 2 is 1.93 bits per heavy atom. The van der Waals surface area contributed by atoms with Crippen LogP contribution in [-0.2, 0) is 6.54 Å². The molecule has 0 aromatic heterocycles. The number of hydrogen-bond donors (Lipinski definition) is 2. The van der Waals surface area contributed by atoms with Crippen molar-refractivity contribution < 1.29 is 9.90 Å². The van der Waals surface area contributed by atoms with Crippen LogP contribution in [-0.4, -0.2) is 84.8 Å². The molecule has 0 radical (unpaired) electrons. The van der Waals surface area contributed by atoms with E-state index in [0.29, 0.717) is 18.5 Å². The van der Waals surface area contributed by atoms with Gasteiger partial charge in [0.2, 0.25) is 0 Å². The van der Waals surface area contributed by atoms with Crippen molar-refractivity contribution in [3.8, 4) is 0 Å². The minimum Gasteiger partial charge on any atom is -0.396 e. The molecular formula is C22H36N4O2. The van der Waals surface area contributed by atoms with Gasteiger partial charge in [-0.05, 0) is 50.8 Å². The van der Waals surface area contributed by atoms with Gasteiger partial charge in [-0.1, -0.05) is 30.3 Å². The lowest BCUT2D eigenvalue weighted by atomic mass is 9.99. The van der Waals surface area contributed by atoms with Crippen LogP contribution in [0.15, 0.2) is 30.3 Å². The second-order valence-electron chi connectivity index (χ2n) is 8.34. The molecule has 1 aromatic rings. The second kappa shape index (κ2) is 10.8. The van der Waals surface area contributed by atoms with E-state index in [0.717, 1.165) is 65.0 Å². The Morgan fingerprint density at radius 1 is 1.18 bits per heavy atom. The predicted octanol–water partition coefficient (Wildman–Crippen LogP) is 2.00. The van der Waals surface area contributed by atoms with E-state index in [9.17, 15) is 9.90 Å². The largest absolute Gasteiger partial charge is 0.396 e. The van der Waals surface area contributed by atoms with Gasteiger partial charge in [0.1, 0.15) is 0 Å². The fourth-order valence-corrected chi connectivity index (χ4v) is 4.45. The summed E-state index contributed by atoms with van der Waals surface area (Å²) in [6.07, 6.45) is 4.32. The molecule has 2 amide bonds. The van der Waals surface area contributed by atoms with Crippen molar-refractivity contribution in [1.82, 2.24) is 20.0 Å².